The molecule has 0 amide bonds. The molecule has 1 aromatic carbocycles. The first kappa shape index (κ1) is 11.4. The number of hydrogen-bond acceptors (Lipinski definition) is 3. The van der Waals surface area contributed by atoms with Gasteiger partial charge in [0.15, 0.2) is 0 Å². The minimum absolute atomic E-state index is 0.379. The standard InChI is InChI=1S/C11H16O2S/c1-13-8-4-5-9-14-11-7-3-2-6-10(11)12/h2-3,6-7,12H,4-5,8-9H2,1H3. The van der Waals surface area contributed by atoms with Gasteiger partial charge in [0.05, 0.1) is 0 Å². The van der Waals surface area contributed by atoms with Crippen LogP contribution in [0.5, 0.6) is 5.75 Å². The van der Waals surface area contributed by atoms with Gasteiger partial charge in [-0.3, -0.25) is 0 Å². The van der Waals surface area contributed by atoms with Crippen molar-refractivity contribution in [2.75, 3.05) is 19.5 Å². The van der Waals surface area contributed by atoms with Crippen LogP contribution in [0.2, 0.25) is 0 Å². The van der Waals surface area contributed by atoms with Gasteiger partial charge in [-0.15, -0.1) is 11.8 Å². The highest BCUT2D eigenvalue weighted by Crippen LogP contribution is 2.28. The van der Waals surface area contributed by atoms with E-state index in [1.165, 1.54) is 0 Å². The largest absolute Gasteiger partial charge is 0.507 e. The van der Waals surface area contributed by atoms with Gasteiger partial charge in [-0.1, -0.05) is 12.1 Å². The van der Waals surface area contributed by atoms with Gasteiger partial charge in [-0.05, 0) is 30.7 Å². The van der Waals surface area contributed by atoms with E-state index in [1.807, 2.05) is 18.2 Å². The zero-order valence-electron chi connectivity index (χ0n) is 8.40. The molecular weight excluding hydrogens is 196 g/mol. The number of benzene rings is 1. The molecule has 3 heteroatoms. The topological polar surface area (TPSA) is 29.5 Å². The average Bonchev–Trinajstić information content (AvgIpc) is 2.20. The number of ether oxygens (including phenoxy) is 1. The second-order valence-electron chi connectivity index (χ2n) is 3.02. The van der Waals surface area contributed by atoms with Crippen LogP contribution in [0.25, 0.3) is 0 Å². The molecule has 0 saturated carbocycles. The van der Waals surface area contributed by atoms with Crippen LogP contribution >= 0.6 is 11.8 Å². The second kappa shape index (κ2) is 6.74. The third kappa shape index (κ3) is 4.03. The predicted octanol–water partition coefficient (Wildman–Crippen LogP) is 2.91. The normalized spacial score (nSPS) is 10.4. The molecule has 1 aromatic rings. The zero-order valence-corrected chi connectivity index (χ0v) is 9.22. The van der Waals surface area contributed by atoms with Crippen molar-refractivity contribution < 1.29 is 9.84 Å². The van der Waals surface area contributed by atoms with Gasteiger partial charge in [0.1, 0.15) is 5.75 Å². The lowest BCUT2D eigenvalue weighted by atomic mass is 10.3. The Balaban J connectivity index is 2.21. The van der Waals surface area contributed by atoms with Crippen LogP contribution in [-0.4, -0.2) is 24.6 Å². The lowest BCUT2D eigenvalue weighted by Crippen LogP contribution is -1.89. The van der Waals surface area contributed by atoms with Gasteiger partial charge < -0.3 is 9.84 Å². The Bertz CT molecular complexity index is 263. The number of phenols is 1. The number of thioether (sulfide) groups is 1. The summed E-state index contributed by atoms with van der Waals surface area (Å²) in [6.07, 6.45) is 2.20. The fourth-order valence-corrected chi connectivity index (χ4v) is 2.07. The number of unbranched alkanes of at least 4 members (excludes halogenated alkanes) is 1. The van der Waals surface area contributed by atoms with E-state index in [0.29, 0.717) is 5.75 Å². The van der Waals surface area contributed by atoms with E-state index in [2.05, 4.69) is 0 Å². The van der Waals surface area contributed by atoms with Crippen LogP contribution < -0.4 is 0 Å². The highest BCUT2D eigenvalue weighted by atomic mass is 32.2. The first-order valence-electron chi connectivity index (χ1n) is 4.74. The van der Waals surface area contributed by atoms with Crippen LogP contribution in [0.15, 0.2) is 29.2 Å². The number of methoxy groups -OCH3 is 1. The Morgan fingerprint density at radius 2 is 2.07 bits per heavy atom. The van der Waals surface area contributed by atoms with Crippen LogP contribution in [0.3, 0.4) is 0 Å². The molecule has 78 valence electrons. The van der Waals surface area contributed by atoms with Crippen molar-refractivity contribution in [1.82, 2.24) is 0 Å². The van der Waals surface area contributed by atoms with Gasteiger partial charge in [0.2, 0.25) is 0 Å². The summed E-state index contributed by atoms with van der Waals surface area (Å²) in [4.78, 5) is 0.963. The van der Waals surface area contributed by atoms with E-state index >= 15 is 0 Å². The number of hydrogen-bond donors (Lipinski definition) is 1. The molecule has 0 atom stereocenters. The highest BCUT2D eigenvalue weighted by Gasteiger charge is 1.99. The Labute approximate surface area is 89.3 Å². The molecule has 0 fully saturated rings. The summed E-state index contributed by atoms with van der Waals surface area (Å²) in [6.45, 7) is 0.821. The van der Waals surface area contributed by atoms with Crippen molar-refractivity contribution >= 4 is 11.8 Å². The highest BCUT2D eigenvalue weighted by molar-refractivity contribution is 7.99. The molecule has 2 nitrogen and oxygen atoms in total. The summed E-state index contributed by atoms with van der Waals surface area (Å²) >= 11 is 1.69. The first-order chi connectivity index (χ1) is 6.84. The quantitative estimate of drug-likeness (QED) is 0.581. The van der Waals surface area contributed by atoms with Crippen LogP contribution in [-0.2, 0) is 4.74 Å². The number of aromatic hydroxyl groups is 1. The van der Waals surface area contributed by atoms with Crippen LogP contribution in [0, 0.1) is 0 Å². The Kier molecular flexibility index (Phi) is 5.49. The maximum absolute atomic E-state index is 9.47. The molecule has 0 aliphatic heterocycles. The Hall–Kier alpha value is -0.670. The van der Waals surface area contributed by atoms with Crippen molar-refractivity contribution in [3.05, 3.63) is 24.3 Å². The van der Waals surface area contributed by atoms with E-state index in [0.717, 1.165) is 30.1 Å². The van der Waals surface area contributed by atoms with Crippen molar-refractivity contribution in [3.63, 3.8) is 0 Å². The molecule has 0 unspecified atom stereocenters. The third-order valence-electron chi connectivity index (χ3n) is 1.87. The zero-order chi connectivity index (χ0) is 10.2. The molecule has 0 spiro atoms. The third-order valence-corrected chi connectivity index (χ3v) is 3.01. The molecule has 14 heavy (non-hydrogen) atoms. The summed E-state index contributed by atoms with van der Waals surface area (Å²) in [5.74, 6) is 1.41. The van der Waals surface area contributed by atoms with Gasteiger partial charge in [-0.25, -0.2) is 0 Å². The summed E-state index contributed by atoms with van der Waals surface area (Å²) in [6, 6.07) is 7.44. The molecular formula is C11H16O2S. The van der Waals surface area contributed by atoms with Crippen molar-refractivity contribution in [3.8, 4) is 5.75 Å². The molecule has 1 rings (SSSR count). The lowest BCUT2D eigenvalue weighted by Gasteiger charge is -2.03. The summed E-state index contributed by atoms with van der Waals surface area (Å²) < 4.78 is 4.96. The van der Waals surface area contributed by atoms with Crippen molar-refractivity contribution in [2.24, 2.45) is 0 Å². The molecule has 0 bridgehead atoms. The van der Waals surface area contributed by atoms with Crippen LogP contribution in [0.4, 0.5) is 0 Å². The van der Waals surface area contributed by atoms with Gasteiger partial charge >= 0.3 is 0 Å². The van der Waals surface area contributed by atoms with E-state index in [-0.39, 0.29) is 0 Å². The SMILES string of the molecule is COCCCCSc1ccccc1O. The molecule has 0 heterocycles. The molecule has 0 aliphatic carbocycles. The Morgan fingerprint density at radius 3 is 2.79 bits per heavy atom. The van der Waals surface area contributed by atoms with Crippen molar-refractivity contribution in [1.29, 1.82) is 0 Å². The van der Waals surface area contributed by atoms with Crippen LogP contribution in [0.1, 0.15) is 12.8 Å². The number of phenolic OH excluding ortho intramolecular Hbond substituents is 1. The maximum Gasteiger partial charge on any atom is 0.129 e. The minimum atomic E-state index is 0.379. The smallest absolute Gasteiger partial charge is 0.129 e. The van der Waals surface area contributed by atoms with E-state index < -0.39 is 0 Å². The summed E-state index contributed by atoms with van der Waals surface area (Å²) in [5, 5.41) is 9.47. The fourth-order valence-electron chi connectivity index (χ4n) is 1.11. The summed E-state index contributed by atoms with van der Waals surface area (Å²) in [5.41, 5.74) is 0. The fraction of sp³-hybridized carbons (Fsp3) is 0.455. The monoisotopic (exact) mass is 212 g/mol. The van der Waals surface area contributed by atoms with Gasteiger partial charge in [0.25, 0.3) is 0 Å². The molecule has 0 saturated heterocycles. The van der Waals surface area contributed by atoms with E-state index in [9.17, 15) is 5.11 Å². The van der Waals surface area contributed by atoms with Gasteiger partial charge in [-0.2, -0.15) is 0 Å². The Morgan fingerprint density at radius 1 is 1.29 bits per heavy atom. The second-order valence-corrected chi connectivity index (χ2v) is 4.15. The summed E-state index contributed by atoms with van der Waals surface area (Å²) in [7, 11) is 1.72. The van der Waals surface area contributed by atoms with E-state index in [1.54, 1.807) is 24.9 Å². The average molecular weight is 212 g/mol. The van der Waals surface area contributed by atoms with Crippen molar-refractivity contribution in [2.45, 2.75) is 17.7 Å². The van der Waals surface area contributed by atoms with E-state index in [4.69, 9.17) is 4.74 Å². The maximum atomic E-state index is 9.47. The molecule has 0 aliphatic rings. The first-order valence-corrected chi connectivity index (χ1v) is 5.73. The minimum Gasteiger partial charge on any atom is -0.507 e. The predicted molar refractivity (Wildman–Crippen MR) is 59.9 cm³/mol. The number of para-hydroxylation sites is 1. The lowest BCUT2D eigenvalue weighted by molar-refractivity contribution is 0.194. The number of rotatable bonds is 6. The molecule has 0 radical (unpaired) electrons. The molecule has 0 aromatic heterocycles. The molecule has 1 N–H and O–H groups in total. The van der Waals surface area contributed by atoms with Gasteiger partial charge in [0, 0.05) is 18.6 Å².